The minimum Gasteiger partial charge on any atom is -0.383 e. The van der Waals surface area contributed by atoms with Crippen molar-refractivity contribution in [1.82, 2.24) is 4.98 Å². The molecular formula is C14H25N3O. The van der Waals surface area contributed by atoms with Crippen LogP contribution >= 0.6 is 0 Å². The number of nitrogens with one attached hydrogen (secondary N) is 1. The normalized spacial score (nSPS) is 10.7. The van der Waals surface area contributed by atoms with Crippen molar-refractivity contribution in [2.75, 3.05) is 37.5 Å². The first kappa shape index (κ1) is 14.8. The highest BCUT2D eigenvalue weighted by Crippen LogP contribution is 2.22. The van der Waals surface area contributed by atoms with E-state index in [9.17, 15) is 0 Å². The molecule has 1 aromatic heterocycles. The summed E-state index contributed by atoms with van der Waals surface area (Å²) in [4.78, 5) is 6.67. The third-order valence-electron chi connectivity index (χ3n) is 3.25. The van der Waals surface area contributed by atoms with Crippen LogP contribution in [0, 0.1) is 0 Å². The fourth-order valence-corrected chi connectivity index (χ4v) is 2.18. The van der Waals surface area contributed by atoms with Crippen molar-refractivity contribution >= 4 is 11.5 Å². The van der Waals surface area contributed by atoms with Gasteiger partial charge in [0.1, 0.15) is 5.82 Å². The first-order valence-electron chi connectivity index (χ1n) is 6.66. The fraction of sp³-hybridized carbons (Fsp3) is 0.643. The molecule has 0 spiro atoms. The van der Waals surface area contributed by atoms with E-state index in [1.54, 1.807) is 7.11 Å². The van der Waals surface area contributed by atoms with Gasteiger partial charge in [-0.15, -0.1) is 0 Å². The van der Waals surface area contributed by atoms with Crippen molar-refractivity contribution in [2.45, 2.75) is 32.7 Å². The fourth-order valence-electron chi connectivity index (χ4n) is 2.18. The lowest BCUT2D eigenvalue weighted by Gasteiger charge is -2.32. The van der Waals surface area contributed by atoms with Crippen molar-refractivity contribution < 1.29 is 4.74 Å². The second kappa shape index (κ2) is 7.93. The van der Waals surface area contributed by atoms with Crippen LogP contribution in [0.25, 0.3) is 0 Å². The summed E-state index contributed by atoms with van der Waals surface area (Å²) in [6, 6.07) is 4.70. The molecule has 0 saturated heterocycles. The number of ether oxygens (including phenoxy) is 1. The monoisotopic (exact) mass is 251 g/mol. The van der Waals surface area contributed by atoms with Crippen molar-refractivity contribution in [1.29, 1.82) is 0 Å². The molecule has 0 saturated carbocycles. The van der Waals surface area contributed by atoms with E-state index in [0.29, 0.717) is 6.04 Å². The summed E-state index contributed by atoms with van der Waals surface area (Å²) in [5, 5.41) is 3.08. The standard InChI is InChI=1S/C14H25N3O/c1-5-12(6-2)17(9-10-18-4)13-7-8-16-14(11-13)15-3/h7-8,11-12H,5-6,9-10H2,1-4H3,(H,15,16). The van der Waals surface area contributed by atoms with E-state index in [1.807, 2.05) is 13.2 Å². The van der Waals surface area contributed by atoms with E-state index in [1.165, 1.54) is 5.69 Å². The van der Waals surface area contributed by atoms with Crippen LogP contribution < -0.4 is 10.2 Å². The minimum atomic E-state index is 0.548. The van der Waals surface area contributed by atoms with Gasteiger partial charge in [-0.1, -0.05) is 13.8 Å². The Morgan fingerprint density at radius 1 is 1.39 bits per heavy atom. The summed E-state index contributed by atoms with van der Waals surface area (Å²) < 4.78 is 5.22. The molecule has 0 radical (unpaired) electrons. The lowest BCUT2D eigenvalue weighted by atomic mass is 10.1. The van der Waals surface area contributed by atoms with Gasteiger partial charge in [0.15, 0.2) is 0 Å². The zero-order valence-corrected chi connectivity index (χ0v) is 11.9. The second-order valence-corrected chi connectivity index (χ2v) is 4.31. The van der Waals surface area contributed by atoms with Gasteiger partial charge in [-0.3, -0.25) is 0 Å². The van der Waals surface area contributed by atoms with E-state index in [2.05, 4.69) is 41.2 Å². The lowest BCUT2D eigenvalue weighted by molar-refractivity contribution is 0.202. The number of rotatable bonds is 8. The van der Waals surface area contributed by atoms with E-state index in [0.717, 1.165) is 31.8 Å². The summed E-state index contributed by atoms with van der Waals surface area (Å²) in [6.07, 6.45) is 4.12. The van der Waals surface area contributed by atoms with Gasteiger partial charge in [0, 0.05) is 44.7 Å². The van der Waals surface area contributed by atoms with Gasteiger partial charge in [0.05, 0.1) is 6.61 Å². The number of hydrogen-bond acceptors (Lipinski definition) is 4. The van der Waals surface area contributed by atoms with Gasteiger partial charge in [-0.25, -0.2) is 4.98 Å². The number of methoxy groups -OCH3 is 1. The Morgan fingerprint density at radius 2 is 2.11 bits per heavy atom. The summed E-state index contributed by atoms with van der Waals surface area (Å²) in [6.45, 7) is 6.12. The van der Waals surface area contributed by atoms with Crippen LogP contribution in [-0.4, -0.2) is 38.3 Å². The minimum absolute atomic E-state index is 0.548. The number of anilines is 2. The summed E-state index contributed by atoms with van der Waals surface area (Å²) in [5.41, 5.74) is 1.21. The largest absolute Gasteiger partial charge is 0.383 e. The molecule has 4 nitrogen and oxygen atoms in total. The summed E-state index contributed by atoms with van der Waals surface area (Å²) >= 11 is 0. The van der Waals surface area contributed by atoms with Crippen LogP contribution in [0.2, 0.25) is 0 Å². The van der Waals surface area contributed by atoms with Gasteiger partial charge >= 0.3 is 0 Å². The predicted octanol–water partition coefficient (Wildman–Crippen LogP) is 2.76. The van der Waals surface area contributed by atoms with Crippen molar-refractivity contribution in [3.63, 3.8) is 0 Å². The van der Waals surface area contributed by atoms with Crippen LogP contribution in [0.3, 0.4) is 0 Å². The Morgan fingerprint density at radius 3 is 2.67 bits per heavy atom. The van der Waals surface area contributed by atoms with Gasteiger partial charge in [0.25, 0.3) is 0 Å². The number of hydrogen-bond donors (Lipinski definition) is 1. The van der Waals surface area contributed by atoms with Crippen LogP contribution in [0.5, 0.6) is 0 Å². The Balaban J connectivity index is 2.92. The van der Waals surface area contributed by atoms with Gasteiger partial charge < -0.3 is 15.0 Å². The van der Waals surface area contributed by atoms with E-state index < -0.39 is 0 Å². The quantitative estimate of drug-likeness (QED) is 0.771. The number of pyridine rings is 1. The molecule has 4 heteroatoms. The SMILES string of the molecule is CCC(CC)N(CCOC)c1ccnc(NC)c1. The van der Waals surface area contributed by atoms with E-state index in [4.69, 9.17) is 4.74 Å². The van der Waals surface area contributed by atoms with Crippen LogP contribution in [-0.2, 0) is 4.74 Å². The summed E-state index contributed by atoms with van der Waals surface area (Å²) in [7, 11) is 3.64. The van der Waals surface area contributed by atoms with Gasteiger partial charge in [-0.05, 0) is 18.9 Å². The van der Waals surface area contributed by atoms with Crippen LogP contribution in [0.1, 0.15) is 26.7 Å². The molecule has 0 aliphatic heterocycles. The molecule has 0 amide bonds. The van der Waals surface area contributed by atoms with E-state index >= 15 is 0 Å². The maximum Gasteiger partial charge on any atom is 0.127 e. The molecule has 0 aliphatic rings. The predicted molar refractivity (Wildman–Crippen MR) is 77.4 cm³/mol. The second-order valence-electron chi connectivity index (χ2n) is 4.31. The number of aromatic nitrogens is 1. The molecule has 0 bridgehead atoms. The van der Waals surface area contributed by atoms with Gasteiger partial charge in [0.2, 0.25) is 0 Å². The first-order chi connectivity index (χ1) is 8.76. The van der Waals surface area contributed by atoms with Crippen molar-refractivity contribution in [3.05, 3.63) is 18.3 Å². The Hall–Kier alpha value is -1.29. The average molecular weight is 251 g/mol. The molecule has 0 fully saturated rings. The van der Waals surface area contributed by atoms with Crippen LogP contribution in [0.4, 0.5) is 11.5 Å². The first-order valence-corrected chi connectivity index (χ1v) is 6.66. The zero-order valence-electron chi connectivity index (χ0n) is 11.9. The molecule has 102 valence electrons. The van der Waals surface area contributed by atoms with E-state index in [-0.39, 0.29) is 0 Å². The molecule has 1 N–H and O–H groups in total. The summed E-state index contributed by atoms with van der Waals surface area (Å²) in [5.74, 6) is 0.904. The Bertz CT molecular complexity index is 340. The third-order valence-corrected chi connectivity index (χ3v) is 3.25. The maximum atomic E-state index is 5.22. The third kappa shape index (κ3) is 3.88. The molecule has 1 aromatic rings. The van der Waals surface area contributed by atoms with Crippen LogP contribution in [0.15, 0.2) is 18.3 Å². The molecule has 0 atom stereocenters. The molecule has 0 aromatic carbocycles. The molecular weight excluding hydrogens is 226 g/mol. The average Bonchev–Trinajstić information content (AvgIpc) is 2.43. The zero-order chi connectivity index (χ0) is 13.4. The highest BCUT2D eigenvalue weighted by atomic mass is 16.5. The molecule has 1 rings (SSSR count). The highest BCUT2D eigenvalue weighted by molar-refractivity contribution is 5.54. The van der Waals surface area contributed by atoms with Crippen molar-refractivity contribution in [2.24, 2.45) is 0 Å². The molecule has 1 heterocycles. The molecule has 0 unspecified atom stereocenters. The van der Waals surface area contributed by atoms with Crippen molar-refractivity contribution in [3.8, 4) is 0 Å². The topological polar surface area (TPSA) is 37.4 Å². The Kier molecular flexibility index (Phi) is 6.50. The Labute approximate surface area is 110 Å². The highest BCUT2D eigenvalue weighted by Gasteiger charge is 2.15. The smallest absolute Gasteiger partial charge is 0.127 e. The molecule has 18 heavy (non-hydrogen) atoms. The van der Waals surface area contributed by atoms with Gasteiger partial charge in [-0.2, -0.15) is 0 Å². The maximum absolute atomic E-state index is 5.22. The molecule has 0 aliphatic carbocycles. The lowest BCUT2D eigenvalue weighted by Crippen LogP contribution is -2.37. The number of nitrogens with zero attached hydrogens (tertiary/aromatic N) is 2.